The Bertz CT molecular complexity index is 416. The van der Waals surface area contributed by atoms with Crippen molar-refractivity contribution in [1.82, 2.24) is 0 Å². The molecule has 121 valence electrons. The summed E-state index contributed by atoms with van der Waals surface area (Å²) in [7, 11) is -4.67. The summed E-state index contributed by atoms with van der Waals surface area (Å²) < 4.78 is 31.6. The van der Waals surface area contributed by atoms with E-state index >= 15 is 0 Å². The number of amidine groups is 4. The Morgan fingerprint density at radius 3 is 1.05 bits per heavy atom. The zero-order chi connectivity index (χ0) is 16.2. The van der Waals surface area contributed by atoms with Crippen LogP contribution >= 0.6 is 0 Å². The Morgan fingerprint density at radius 2 is 1.05 bits per heavy atom. The number of nitrogens with one attached hydrogen (secondary N) is 2. The smallest absolute Gasteiger partial charge is 0.846 e. The third kappa shape index (κ3) is 102. The summed E-state index contributed by atoms with van der Waals surface area (Å²) in [4.78, 5) is 4.89. The Kier molecular flexibility index (Phi) is 17.6. The van der Waals surface area contributed by atoms with Crippen LogP contribution in [0.4, 0.5) is 0 Å². The minimum Gasteiger partial charge on any atom is -0.846 e. The molecule has 0 aliphatic rings. The van der Waals surface area contributed by atoms with Crippen LogP contribution in [0.3, 0.4) is 0 Å². The third-order valence-corrected chi connectivity index (χ3v) is 0.423. The summed E-state index contributed by atoms with van der Waals surface area (Å²) in [6.07, 6.45) is 0. The van der Waals surface area contributed by atoms with Crippen molar-refractivity contribution in [3.63, 3.8) is 0 Å². The summed E-state index contributed by atoms with van der Waals surface area (Å²) in [5, 5.41) is 50.0. The fourth-order valence-electron chi connectivity index (χ4n) is 0.200. The predicted octanol–water partition coefficient (Wildman–Crippen LogP) is -6.74. The van der Waals surface area contributed by atoms with Gasteiger partial charge in [-0.25, -0.2) is 9.98 Å². The first kappa shape index (κ1) is 26.4. The topological polar surface area (TPSA) is 291 Å². The van der Waals surface area contributed by atoms with Crippen LogP contribution in [0.25, 0.3) is 0 Å². The fraction of sp³-hybridized carbons (Fsp3) is 0. The molecule has 0 saturated carbocycles. The van der Waals surface area contributed by atoms with E-state index in [4.69, 9.17) is 28.3 Å². The van der Waals surface area contributed by atoms with Gasteiger partial charge in [0.2, 0.25) is 0 Å². The molecule has 0 aromatic carbocycles. The largest absolute Gasteiger partial charge is 2.00 e. The summed E-state index contributed by atoms with van der Waals surface area (Å²) >= 11 is 0. The zero-order valence-corrected chi connectivity index (χ0v) is 10.9. The van der Waals surface area contributed by atoms with Gasteiger partial charge in [0, 0.05) is 0 Å². The molecule has 0 aromatic rings. The minimum atomic E-state index is -4.67. The van der Waals surface area contributed by atoms with E-state index in [2.05, 4.69) is 21.5 Å². The maximum Gasteiger partial charge on any atom is 2.00 e. The van der Waals surface area contributed by atoms with Gasteiger partial charge in [0.1, 0.15) is 0 Å². The Balaban J connectivity index is -0.0000000952. The number of nitrogens with two attached hydrogens (primary N) is 2. The van der Waals surface area contributed by atoms with Gasteiger partial charge in [-0.3, -0.25) is 19.9 Å². The number of nitrogens with zero attached hydrogens (tertiary/aromatic N) is 2. The summed E-state index contributed by atoms with van der Waals surface area (Å²) in [6.45, 7) is 0. The molecule has 0 spiro atoms. The van der Waals surface area contributed by atoms with Gasteiger partial charge in [-0.05, 0) is 0 Å². The Hall–Kier alpha value is -2.13. The molecule has 0 rings (SSSR count). The number of aliphatic imine (C=N–C) groups is 2. The van der Waals surface area contributed by atoms with E-state index in [9.17, 15) is 20.4 Å². The molecule has 14 nitrogen and oxygen atoms in total. The first-order chi connectivity index (χ1) is 8.25. The standard InChI is InChI=1S/2C2H5N3O2.Cu.H2O4S/c2*3-1(6)5-2(4)7;;1-5(2,3)4/h2*(H5,3,4,5,6,7);;(H2,1,2,3,4)/q;;+2;/p-4. The van der Waals surface area contributed by atoms with Crippen molar-refractivity contribution in [2.45, 2.75) is 0 Å². The van der Waals surface area contributed by atoms with Gasteiger partial charge in [-0.15, -0.1) is 0 Å². The second-order valence-corrected chi connectivity index (χ2v) is 2.85. The second kappa shape index (κ2) is 13.3. The molecule has 0 amide bonds. The normalized spacial score (nSPS) is 10.7. The van der Waals surface area contributed by atoms with Crippen molar-refractivity contribution in [2.75, 3.05) is 0 Å². The molecule has 0 aliphatic heterocycles. The number of rotatable bonds is 0. The first-order valence-corrected chi connectivity index (χ1v) is 4.88. The number of hydrogen-bond donors (Lipinski definition) is 6. The molecular formula is C4H8CuN6O8S-2. The van der Waals surface area contributed by atoms with E-state index in [1.807, 2.05) is 0 Å². The van der Waals surface area contributed by atoms with Crippen molar-refractivity contribution in [1.29, 1.82) is 10.8 Å². The van der Waals surface area contributed by atoms with E-state index in [1.165, 1.54) is 0 Å². The molecular weight excluding hydrogens is 356 g/mol. The van der Waals surface area contributed by atoms with Crippen LogP contribution in [-0.4, -0.2) is 41.6 Å². The van der Waals surface area contributed by atoms with E-state index in [0.29, 0.717) is 0 Å². The third-order valence-electron chi connectivity index (χ3n) is 0.423. The zero-order valence-electron chi connectivity index (χ0n) is 9.10. The second-order valence-electron chi connectivity index (χ2n) is 1.96. The van der Waals surface area contributed by atoms with Crippen molar-refractivity contribution in [3.05, 3.63) is 0 Å². The van der Waals surface area contributed by atoms with Crippen molar-refractivity contribution in [3.8, 4) is 0 Å². The van der Waals surface area contributed by atoms with Crippen LogP contribution in [-0.2, 0) is 27.5 Å². The average Bonchev–Trinajstić information content (AvgIpc) is 1.93. The molecule has 0 bridgehead atoms. The van der Waals surface area contributed by atoms with Crippen LogP contribution < -0.4 is 31.9 Å². The van der Waals surface area contributed by atoms with E-state index < -0.39 is 34.5 Å². The van der Waals surface area contributed by atoms with Crippen LogP contribution in [0.1, 0.15) is 0 Å². The molecule has 0 heterocycles. The molecule has 20 heavy (non-hydrogen) atoms. The molecule has 0 aromatic heterocycles. The molecule has 8 N–H and O–H groups in total. The summed E-state index contributed by atoms with van der Waals surface area (Å²) in [5.74, 6) is 0. The first-order valence-electron chi connectivity index (χ1n) is 3.49. The van der Waals surface area contributed by atoms with Crippen LogP contribution in [0.5, 0.6) is 0 Å². The van der Waals surface area contributed by atoms with Crippen molar-refractivity contribution < 1.29 is 55.0 Å². The van der Waals surface area contributed by atoms with Crippen LogP contribution in [0.2, 0.25) is 0 Å². The molecule has 0 atom stereocenters. The van der Waals surface area contributed by atoms with Crippen LogP contribution in [0, 0.1) is 10.8 Å². The predicted molar refractivity (Wildman–Crippen MR) is 52.9 cm³/mol. The molecule has 16 heteroatoms. The van der Waals surface area contributed by atoms with Gasteiger partial charge in [-0.2, -0.15) is 8.42 Å². The summed E-state index contributed by atoms with van der Waals surface area (Å²) in [6, 6.07) is -4.88. The molecule has 0 fully saturated rings. The van der Waals surface area contributed by atoms with E-state index in [1.54, 1.807) is 0 Å². The fourth-order valence-corrected chi connectivity index (χ4v) is 0.200. The Morgan fingerprint density at radius 1 is 0.900 bits per heavy atom. The maximum atomic E-state index is 9.52. The van der Waals surface area contributed by atoms with Crippen molar-refractivity contribution >= 4 is 34.5 Å². The molecule has 0 saturated heterocycles. The van der Waals surface area contributed by atoms with Gasteiger partial charge in [0.15, 0.2) is 0 Å². The Labute approximate surface area is 122 Å². The monoisotopic (exact) mass is 363 g/mol. The maximum absolute atomic E-state index is 9.52. The number of hydrogen-bond acceptors (Lipinski definition) is 8. The van der Waals surface area contributed by atoms with Gasteiger partial charge in [0.25, 0.3) is 0 Å². The average molecular weight is 364 g/mol. The van der Waals surface area contributed by atoms with E-state index in [0.717, 1.165) is 0 Å². The van der Waals surface area contributed by atoms with Crippen molar-refractivity contribution in [2.24, 2.45) is 21.5 Å². The summed E-state index contributed by atoms with van der Waals surface area (Å²) in [5.41, 5.74) is 8.69. The van der Waals surface area contributed by atoms with Gasteiger partial charge < -0.3 is 31.9 Å². The van der Waals surface area contributed by atoms with Gasteiger partial charge in [0.05, 0.1) is 24.1 Å². The van der Waals surface area contributed by atoms with Gasteiger partial charge >= 0.3 is 27.5 Å². The molecule has 1 radical (unpaired) electrons. The van der Waals surface area contributed by atoms with E-state index in [-0.39, 0.29) is 17.1 Å². The quantitative estimate of drug-likeness (QED) is 0.102. The SMILES string of the molecule is N=C([O-])/N=C(\N)[O-].N=C([O-])/N=C(\N)[O-].O=S(=O)(O)O.[Cu+2]. The molecule has 0 unspecified atom stereocenters. The molecule has 0 aliphatic carbocycles. The van der Waals surface area contributed by atoms with Crippen LogP contribution in [0.15, 0.2) is 9.98 Å². The van der Waals surface area contributed by atoms with Gasteiger partial charge in [-0.1, -0.05) is 0 Å². The minimum absolute atomic E-state index is 0.